The summed E-state index contributed by atoms with van der Waals surface area (Å²) in [5.41, 5.74) is 2.27. The first-order valence-electron chi connectivity index (χ1n) is 7.60. The average Bonchev–Trinajstić information content (AvgIpc) is 2.55. The van der Waals surface area contributed by atoms with Gasteiger partial charge in [0.2, 0.25) is 0 Å². The number of benzene rings is 2. The van der Waals surface area contributed by atoms with Crippen molar-refractivity contribution in [3.05, 3.63) is 54.1 Å². The third-order valence-corrected chi connectivity index (χ3v) is 4.84. The van der Waals surface area contributed by atoms with Crippen LogP contribution in [0.2, 0.25) is 0 Å². The molecule has 0 saturated heterocycles. The van der Waals surface area contributed by atoms with Crippen LogP contribution in [0.4, 0.5) is 5.69 Å². The molecular weight excluding hydrogens is 294 g/mol. The molecule has 2 aromatic rings. The number of hydrogen-bond donors (Lipinski definition) is 0. The molecule has 1 radical (unpaired) electrons. The second kappa shape index (κ2) is 7.07. The van der Waals surface area contributed by atoms with E-state index in [4.69, 9.17) is 4.74 Å². The Kier molecular flexibility index (Phi) is 4.90. The molecule has 1 unspecified atom stereocenters. The van der Waals surface area contributed by atoms with Gasteiger partial charge in [-0.2, -0.15) is 0 Å². The standard InChI is InChI=1S/C18H20NO2S/c1-14(21-16-6-4-5-15(13-16)9-11-20)19-10-12-22-18-8-3-2-7-17(18)19/h2-8,13-14H,9-12H2,1H3. The van der Waals surface area contributed by atoms with E-state index in [1.54, 1.807) is 0 Å². The quantitative estimate of drug-likeness (QED) is 0.836. The fourth-order valence-corrected chi connectivity index (χ4v) is 3.74. The highest BCUT2D eigenvalue weighted by Crippen LogP contribution is 2.35. The van der Waals surface area contributed by atoms with Gasteiger partial charge in [0.25, 0.3) is 0 Å². The number of anilines is 1. The van der Waals surface area contributed by atoms with Crippen molar-refractivity contribution in [3.8, 4) is 5.75 Å². The topological polar surface area (TPSA) is 32.4 Å². The number of para-hydroxylation sites is 1. The number of thioether (sulfide) groups is 1. The summed E-state index contributed by atoms with van der Waals surface area (Å²) in [7, 11) is 0. The zero-order valence-corrected chi connectivity index (χ0v) is 13.5. The Morgan fingerprint density at radius 3 is 2.95 bits per heavy atom. The van der Waals surface area contributed by atoms with Crippen LogP contribution in [0.15, 0.2) is 53.4 Å². The highest BCUT2D eigenvalue weighted by molar-refractivity contribution is 7.99. The first kappa shape index (κ1) is 15.3. The van der Waals surface area contributed by atoms with E-state index in [2.05, 4.69) is 36.1 Å². The fraction of sp³-hybridized carbons (Fsp3) is 0.333. The van der Waals surface area contributed by atoms with E-state index in [-0.39, 0.29) is 12.8 Å². The third-order valence-electron chi connectivity index (χ3n) is 3.80. The molecule has 4 heteroatoms. The van der Waals surface area contributed by atoms with Gasteiger partial charge in [-0.3, -0.25) is 0 Å². The molecule has 0 bridgehead atoms. The summed E-state index contributed by atoms with van der Waals surface area (Å²) in [5, 5.41) is 10.8. The zero-order chi connectivity index (χ0) is 15.4. The molecule has 1 aliphatic rings. The van der Waals surface area contributed by atoms with Crippen molar-refractivity contribution in [2.45, 2.75) is 24.5 Å². The molecular formula is C18H20NO2S. The summed E-state index contributed by atoms with van der Waals surface area (Å²) in [6.07, 6.45) is 0.513. The molecule has 3 rings (SSSR count). The molecule has 1 atom stereocenters. The van der Waals surface area contributed by atoms with Crippen molar-refractivity contribution in [1.29, 1.82) is 0 Å². The number of rotatable bonds is 5. The van der Waals surface area contributed by atoms with Gasteiger partial charge in [0, 0.05) is 17.2 Å². The highest BCUT2D eigenvalue weighted by atomic mass is 32.2. The number of fused-ring (bicyclic) bond motifs is 1. The summed E-state index contributed by atoms with van der Waals surface area (Å²) < 4.78 is 6.11. The molecule has 1 heterocycles. The molecule has 115 valence electrons. The van der Waals surface area contributed by atoms with Crippen LogP contribution in [0.5, 0.6) is 5.75 Å². The van der Waals surface area contributed by atoms with E-state index in [9.17, 15) is 5.11 Å². The summed E-state index contributed by atoms with van der Waals surface area (Å²) in [6.45, 7) is 2.96. The largest absolute Gasteiger partial charge is 0.471 e. The van der Waals surface area contributed by atoms with Crippen LogP contribution in [0.3, 0.4) is 0 Å². The zero-order valence-electron chi connectivity index (χ0n) is 12.7. The Morgan fingerprint density at radius 2 is 2.09 bits per heavy atom. The third kappa shape index (κ3) is 3.39. The number of nitrogens with zero attached hydrogens (tertiary/aromatic N) is 1. The fourth-order valence-electron chi connectivity index (χ4n) is 2.72. The van der Waals surface area contributed by atoms with Gasteiger partial charge in [-0.1, -0.05) is 24.3 Å². The number of hydrogen-bond acceptors (Lipinski definition) is 3. The second-order valence-corrected chi connectivity index (χ2v) is 6.47. The molecule has 0 aliphatic carbocycles. The summed E-state index contributed by atoms with van der Waals surface area (Å²) in [4.78, 5) is 3.61. The van der Waals surface area contributed by atoms with Crippen molar-refractivity contribution in [1.82, 2.24) is 0 Å². The van der Waals surface area contributed by atoms with Gasteiger partial charge in [0.1, 0.15) is 5.75 Å². The molecule has 0 N–H and O–H groups in total. The van der Waals surface area contributed by atoms with Crippen LogP contribution in [0, 0.1) is 0 Å². The van der Waals surface area contributed by atoms with Gasteiger partial charge in [0.15, 0.2) is 6.23 Å². The van der Waals surface area contributed by atoms with Crippen LogP contribution in [0.25, 0.3) is 0 Å². The molecule has 0 fully saturated rings. The first-order chi connectivity index (χ1) is 10.8. The van der Waals surface area contributed by atoms with Gasteiger partial charge in [-0.15, -0.1) is 11.8 Å². The summed E-state index contributed by atoms with van der Waals surface area (Å²) >= 11 is 1.89. The monoisotopic (exact) mass is 314 g/mol. The van der Waals surface area contributed by atoms with E-state index in [1.165, 1.54) is 10.6 Å². The Morgan fingerprint density at radius 1 is 1.23 bits per heavy atom. The van der Waals surface area contributed by atoms with Gasteiger partial charge in [-0.05, 0) is 43.2 Å². The lowest BCUT2D eigenvalue weighted by molar-refractivity contribution is 0.196. The maximum Gasteiger partial charge on any atom is 0.169 e. The van der Waals surface area contributed by atoms with Gasteiger partial charge in [0.05, 0.1) is 12.3 Å². The predicted octanol–water partition coefficient (Wildman–Crippen LogP) is 4.00. The van der Waals surface area contributed by atoms with Gasteiger partial charge < -0.3 is 9.64 Å². The van der Waals surface area contributed by atoms with Crippen LogP contribution in [0.1, 0.15) is 12.5 Å². The molecule has 0 spiro atoms. The second-order valence-electron chi connectivity index (χ2n) is 5.33. The minimum absolute atomic E-state index is 0.0375. The maximum atomic E-state index is 10.8. The minimum atomic E-state index is -0.0876. The molecule has 2 aromatic carbocycles. The van der Waals surface area contributed by atoms with Crippen molar-refractivity contribution >= 4 is 17.4 Å². The minimum Gasteiger partial charge on any atom is -0.471 e. The molecule has 0 aromatic heterocycles. The lowest BCUT2D eigenvalue weighted by atomic mass is 10.1. The highest BCUT2D eigenvalue weighted by Gasteiger charge is 2.22. The molecule has 0 saturated carbocycles. The van der Waals surface area contributed by atoms with E-state index in [1.807, 2.05) is 36.0 Å². The van der Waals surface area contributed by atoms with Gasteiger partial charge >= 0.3 is 0 Å². The van der Waals surface area contributed by atoms with Crippen molar-refractivity contribution in [2.24, 2.45) is 0 Å². The molecule has 0 amide bonds. The van der Waals surface area contributed by atoms with Crippen LogP contribution < -0.4 is 9.64 Å². The molecule has 22 heavy (non-hydrogen) atoms. The lowest BCUT2D eigenvalue weighted by Gasteiger charge is -2.35. The molecule has 3 nitrogen and oxygen atoms in total. The van der Waals surface area contributed by atoms with E-state index in [0.29, 0.717) is 6.42 Å². The van der Waals surface area contributed by atoms with Gasteiger partial charge in [-0.25, -0.2) is 5.11 Å². The van der Waals surface area contributed by atoms with Crippen LogP contribution >= 0.6 is 11.8 Å². The van der Waals surface area contributed by atoms with Crippen molar-refractivity contribution in [3.63, 3.8) is 0 Å². The van der Waals surface area contributed by atoms with Crippen LogP contribution in [-0.4, -0.2) is 25.1 Å². The Labute approximate surface area is 135 Å². The maximum absolute atomic E-state index is 10.8. The van der Waals surface area contributed by atoms with E-state index < -0.39 is 0 Å². The Hall–Kier alpha value is -1.65. The Bertz CT molecular complexity index is 632. The normalized spacial score (nSPS) is 15.3. The average molecular weight is 314 g/mol. The SMILES string of the molecule is CC(Oc1cccc(CC[O])c1)N1CCSc2ccccc21. The Balaban J connectivity index is 1.75. The summed E-state index contributed by atoms with van der Waals surface area (Å²) in [6, 6.07) is 16.3. The first-order valence-corrected chi connectivity index (χ1v) is 8.58. The molecule has 1 aliphatic heterocycles. The number of ether oxygens (including phenoxy) is 1. The predicted molar refractivity (Wildman–Crippen MR) is 90.3 cm³/mol. The van der Waals surface area contributed by atoms with Crippen molar-refractivity contribution in [2.75, 3.05) is 23.8 Å². The van der Waals surface area contributed by atoms with E-state index in [0.717, 1.165) is 23.6 Å². The van der Waals surface area contributed by atoms with E-state index >= 15 is 0 Å². The van der Waals surface area contributed by atoms with Crippen LogP contribution in [-0.2, 0) is 11.5 Å². The summed E-state index contributed by atoms with van der Waals surface area (Å²) in [5.74, 6) is 1.90. The lowest BCUT2D eigenvalue weighted by Crippen LogP contribution is -2.40. The van der Waals surface area contributed by atoms with Crippen molar-refractivity contribution < 1.29 is 9.84 Å². The smallest absolute Gasteiger partial charge is 0.169 e.